The summed E-state index contributed by atoms with van der Waals surface area (Å²) in [6.45, 7) is 8.36. The molecule has 5 rings (SSSR count). The summed E-state index contributed by atoms with van der Waals surface area (Å²) in [4.78, 5) is 29.1. The van der Waals surface area contributed by atoms with Crippen molar-refractivity contribution in [2.45, 2.75) is 0 Å². The number of nitrogens with zero attached hydrogens (tertiary/aromatic N) is 5. The third-order valence-electron chi connectivity index (χ3n) is 6.74. The first-order valence-corrected chi connectivity index (χ1v) is 12.8. The second kappa shape index (κ2) is 12.1. The molecule has 206 valence electrons. The van der Waals surface area contributed by atoms with Gasteiger partial charge in [-0.3, -0.25) is 9.69 Å². The molecule has 3 heterocycles. The second-order valence-corrected chi connectivity index (χ2v) is 9.29. The first-order valence-electron chi connectivity index (χ1n) is 12.8. The first-order chi connectivity index (χ1) is 19.4. The van der Waals surface area contributed by atoms with Crippen molar-refractivity contribution in [3.8, 4) is 11.1 Å². The van der Waals surface area contributed by atoms with E-state index < -0.39 is 17.5 Å². The smallest absolute Gasteiger partial charge is 0.248 e. The quantitative estimate of drug-likeness (QED) is 0.295. The van der Waals surface area contributed by atoms with Gasteiger partial charge in [0.2, 0.25) is 11.9 Å². The summed E-state index contributed by atoms with van der Waals surface area (Å²) in [5, 5.41) is 6.09. The van der Waals surface area contributed by atoms with Gasteiger partial charge in [0, 0.05) is 68.9 Å². The van der Waals surface area contributed by atoms with E-state index >= 15 is 8.78 Å². The van der Waals surface area contributed by atoms with Gasteiger partial charge in [0.1, 0.15) is 17.5 Å². The summed E-state index contributed by atoms with van der Waals surface area (Å²) in [6, 6.07) is 11.1. The van der Waals surface area contributed by atoms with E-state index in [9.17, 15) is 4.79 Å². The number of carbonyl (C=O) groups excluding carboxylic acids is 1. The van der Waals surface area contributed by atoms with E-state index in [0.29, 0.717) is 23.1 Å². The predicted octanol–water partition coefficient (Wildman–Crippen LogP) is 4.61. The normalized spacial score (nSPS) is 13.8. The number of hydrogen-bond acceptors (Lipinski definition) is 8. The van der Waals surface area contributed by atoms with Gasteiger partial charge >= 0.3 is 0 Å². The highest BCUT2D eigenvalue weighted by Crippen LogP contribution is 2.32. The maximum absolute atomic E-state index is 15.2. The molecule has 1 aliphatic rings. The van der Waals surface area contributed by atoms with Gasteiger partial charge in [0.15, 0.2) is 0 Å². The Morgan fingerprint density at radius 1 is 1.07 bits per heavy atom. The fourth-order valence-electron chi connectivity index (χ4n) is 4.61. The highest BCUT2D eigenvalue weighted by molar-refractivity contribution is 5.99. The average molecular weight is 546 g/mol. The van der Waals surface area contributed by atoms with Crippen LogP contribution >= 0.6 is 0 Å². The van der Waals surface area contributed by atoms with Gasteiger partial charge in [-0.05, 0) is 54.1 Å². The molecule has 2 N–H and O–H groups in total. The molecule has 40 heavy (non-hydrogen) atoms. The van der Waals surface area contributed by atoms with Crippen molar-refractivity contribution in [1.29, 1.82) is 0 Å². The number of ether oxygens (including phenoxy) is 1. The molecule has 11 heteroatoms. The minimum Gasteiger partial charge on any atom is -0.383 e. The number of hydrogen-bond donors (Lipinski definition) is 2. The molecule has 0 spiro atoms. The minimum atomic E-state index is -0.512. The molecule has 1 amide bonds. The Labute approximate surface area is 230 Å². The van der Waals surface area contributed by atoms with E-state index in [-0.39, 0.29) is 23.0 Å². The Hall–Kier alpha value is -4.48. The average Bonchev–Trinajstić information content (AvgIpc) is 2.97. The first kappa shape index (κ1) is 27.1. The van der Waals surface area contributed by atoms with Gasteiger partial charge in [-0.2, -0.15) is 0 Å². The van der Waals surface area contributed by atoms with Gasteiger partial charge in [0.25, 0.3) is 0 Å². The number of amides is 1. The molecule has 0 radical (unpaired) electrons. The van der Waals surface area contributed by atoms with Crippen molar-refractivity contribution in [3.05, 3.63) is 79.1 Å². The Kier molecular flexibility index (Phi) is 8.23. The van der Waals surface area contributed by atoms with Crippen LogP contribution < -0.4 is 15.5 Å². The molecule has 0 atom stereocenters. The monoisotopic (exact) mass is 545 g/mol. The Morgan fingerprint density at radius 3 is 2.65 bits per heavy atom. The molecular weight excluding hydrogens is 516 g/mol. The van der Waals surface area contributed by atoms with Crippen molar-refractivity contribution < 1.29 is 18.3 Å². The van der Waals surface area contributed by atoms with Crippen LogP contribution in [0.3, 0.4) is 0 Å². The predicted molar refractivity (Wildman–Crippen MR) is 152 cm³/mol. The van der Waals surface area contributed by atoms with Gasteiger partial charge in [0.05, 0.1) is 17.8 Å². The molecule has 2 aromatic heterocycles. The van der Waals surface area contributed by atoms with E-state index in [2.05, 4.69) is 42.0 Å². The Bertz CT molecular complexity index is 1540. The molecule has 0 unspecified atom stereocenters. The topological polar surface area (TPSA) is 95.5 Å². The summed E-state index contributed by atoms with van der Waals surface area (Å²) in [7, 11) is 1.69. The Morgan fingerprint density at radius 2 is 1.90 bits per heavy atom. The summed E-state index contributed by atoms with van der Waals surface area (Å²) >= 11 is 0. The van der Waals surface area contributed by atoms with E-state index in [0.717, 1.165) is 44.5 Å². The molecule has 0 aliphatic carbocycles. The van der Waals surface area contributed by atoms with Crippen LogP contribution in [0.5, 0.6) is 0 Å². The number of anilines is 4. The highest BCUT2D eigenvalue weighted by atomic mass is 19.1. The molecule has 2 aromatic carbocycles. The van der Waals surface area contributed by atoms with Crippen molar-refractivity contribution in [2.24, 2.45) is 0 Å². The van der Waals surface area contributed by atoms with Crippen LogP contribution in [0.25, 0.3) is 22.0 Å². The number of fused-ring (bicyclic) bond motifs is 1. The lowest BCUT2D eigenvalue weighted by Crippen LogP contribution is -2.47. The maximum atomic E-state index is 15.2. The van der Waals surface area contributed by atoms with Gasteiger partial charge < -0.3 is 20.3 Å². The van der Waals surface area contributed by atoms with Crippen molar-refractivity contribution in [2.75, 3.05) is 62.0 Å². The number of carbonyl (C=O) groups is 1. The van der Waals surface area contributed by atoms with Crippen LogP contribution in [-0.2, 0) is 9.53 Å². The molecule has 1 fully saturated rings. The summed E-state index contributed by atoms with van der Waals surface area (Å²) in [5.74, 6) is -1.03. The van der Waals surface area contributed by atoms with Crippen LogP contribution in [0.2, 0.25) is 0 Å². The standard InChI is InChI=1S/C29H29F2N7O2/c1-3-26(39)35-25-16-19(8-9-32-25)27-22(30)6-4-20-18-33-29(36-28(20)27)34-24-7-5-21(17-23(24)31)38-12-10-37(11-13-38)14-15-40-2/h3-9,16-18H,1,10-15H2,2H3,(H,32,35,39)(H,33,34,36). The zero-order valence-electron chi connectivity index (χ0n) is 22.0. The highest BCUT2D eigenvalue weighted by Gasteiger charge is 2.19. The van der Waals surface area contributed by atoms with Crippen LogP contribution in [0.15, 0.2) is 67.5 Å². The number of aromatic nitrogens is 3. The number of nitrogens with one attached hydrogen (secondary N) is 2. The lowest BCUT2D eigenvalue weighted by Gasteiger charge is -2.36. The Balaban J connectivity index is 1.38. The number of methoxy groups -OCH3 is 1. The summed E-state index contributed by atoms with van der Waals surface area (Å²) in [5.41, 5.74) is 2.00. The van der Waals surface area contributed by atoms with Crippen molar-refractivity contribution >= 4 is 40.0 Å². The third kappa shape index (κ3) is 6.05. The fourth-order valence-corrected chi connectivity index (χ4v) is 4.61. The molecule has 9 nitrogen and oxygen atoms in total. The van der Waals surface area contributed by atoms with E-state index in [1.54, 1.807) is 37.6 Å². The summed E-state index contributed by atoms with van der Waals surface area (Å²) < 4.78 is 35.4. The zero-order chi connectivity index (χ0) is 28.1. The van der Waals surface area contributed by atoms with E-state index in [1.165, 1.54) is 18.3 Å². The van der Waals surface area contributed by atoms with Crippen LogP contribution in [-0.4, -0.2) is 72.2 Å². The van der Waals surface area contributed by atoms with E-state index in [4.69, 9.17) is 4.74 Å². The van der Waals surface area contributed by atoms with Crippen LogP contribution in [0.1, 0.15) is 0 Å². The molecule has 1 aliphatic heterocycles. The zero-order valence-corrected chi connectivity index (χ0v) is 22.0. The number of rotatable bonds is 9. The molecule has 1 saturated heterocycles. The maximum Gasteiger partial charge on any atom is 0.248 e. The molecule has 0 saturated carbocycles. The molecule has 0 bridgehead atoms. The summed E-state index contributed by atoms with van der Waals surface area (Å²) in [6.07, 6.45) is 4.13. The van der Waals surface area contributed by atoms with E-state index in [1.807, 2.05) is 6.07 Å². The largest absolute Gasteiger partial charge is 0.383 e. The fraction of sp³-hybridized carbons (Fsp3) is 0.241. The number of piperazine rings is 1. The SMILES string of the molecule is C=CC(=O)Nc1cc(-c2c(F)ccc3cnc(Nc4ccc(N5CCN(CCOC)CC5)cc4F)nc23)ccn1. The third-order valence-corrected chi connectivity index (χ3v) is 6.74. The van der Waals surface area contributed by atoms with Gasteiger partial charge in [-0.25, -0.2) is 23.7 Å². The van der Waals surface area contributed by atoms with Crippen molar-refractivity contribution in [1.82, 2.24) is 19.9 Å². The number of halogens is 2. The van der Waals surface area contributed by atoms with Crippen molar-refractivity contribution in [3.63, 3.8) is 0 Å². The number of pyridine rings is 1. The lowest BCUT2D eigenvalue weighted by molar-refractivity contribution is -0.111. The number of benzene rings is 2. The van der Waals surface area contributed by atoms with Gasteiger partial charge in [-0.15, -0.1) is 0 Å². The lowest BCUT2D eigenvalue weighted by atomic mass is 10.0. The van der Waals surface area contributed by atoms with Gasteiger partial charge in [-0.1, -0.05) is 6.58 Å². The molecule has 4 aromatic rings. The van der Waals surface area contributed by atoms with Crippen LogP contribution in [0.4, 0.5) is 31.9 Å². The molecular formula is C29H29F2N7O2. The van der Waals surface area contributed by atoms with Crippen LogP contribution in [0, 0.1) is 11.6 Å². The minimum absolute atomic E-state index is 0.118. The second-order valence-electron chi connectivity index (χ2n) is 9.29.